The van der Waals surface area contributed by atoms with Gasteiger partial charge in [-0.25, -0.2) is 13.2 Å². The lowest BCUT2D eigenvalue weighted by Crippen LogP contribution is -2.47. The summed E-state index contributed by atoms with van der Waals surface area (Å²) < 4.78 is 30.6. The summed E-state index contributed by atoms with van der Waals surface area (Å²) in [6.07, 6.45) is 1.52. The Balaban J connectivity index is 1.37. The standard InChI is InChI=1S/C23H27N3O5S/c1-3-32(29,30)19-10-8-18(9-11-19)25-14-12-17(13-15-25)24-22(27)16(2)26-20-6-4-5-7-21(20)31-23(26)28/h4-11,16-17H,3,12-15H2,1-2H3,(H,24,27). The van der Waals surface area contributed by atoms with Crippen LogP contribution >= 0.6 is 0 Å². The van der Waals surface area contributed by atoms with Gasteiger partial charge < -0.3 is 14.6 Å². The fourth-order valence-electron chi connectivity index (χ4n) is 4.10. The maximum atomic E-state index is 12.8. The van der Waals surface area contributed by atoms with E-state index in [0.717, 1.165) is 31.6 Å². The van der Waals surface area contributed by atoms with E-state index in [0.29, 0.717) is 16.0 Å². The van der Waals surface area contributed by atoms with Gasteiger partial charge in [0.05, 0.1) is 16.2 Å². The summed E-state index contributed by atoms with van der Waals surface area (Å²) in [6.45, 7) is 4.82. The van der Waals surface area contributed by atoms with Crippen molar-refractivity contribution < 1.29 is 17.6 Å². The Kier molecular flexibility index (Phi) is 6.10. The Bertz CT molecular complexity index is 1270. The molecule has 9 heteroatoms. The Morgan fingerprint density at radius 2 is 1.78 bits per heavy atom. The minimum absolute atomic E-state index is 0.00908. The molecular formula is C23H27N3O5S. The molecule has 0 radical (unpaired) electrons. The number of para-hydroxylation sites is 2. The molecule has 0 saturated carbocycles. The molecule has 1 atom stereocenters. The molecule has 1 unspecified atom stereocenters. The van der Waals surface area contributed by atoms with Crippen LogP contribution in [0.4, 0.5) is 5.69 Å². The van der Waals surface area contributed by atoms with Gasteiger partial charge in [-0.2, -0.15) is 0 Å². The lowest BCUT2D eigenvalue weighted by atomic mass is 10.0. The van der Waals surface area contributed by atoms with Crippen LogP contribution in [0.2, 0.25) is 0 Å². The number of piperidine rings is 1. The van der Waals surface area contributed by atoms with Crippen LogP contribution in [0.1, 0.15) is 32.7 Å². The molecule has 1 aromatic heterocycles. The molecule has 3 aromatic rings. The third-order valence-corrected chi connectivity index (χ3v) is 7.82. The maximum Gasteiger partial charge on any atom is 0.420 e. The second-order valence-electron chi connectivity index (χ2n) is 8.05. The van der Waals surface area contributed by atoms with Crippen molar-refractivity contribution in [2.75, 3.05) is 23.7 Å². The topological polar surface area (TPSA) is 102 Å². The molecule has 32 heavy (non-hydrogen) atoms. The summed E-state index contributed by atoms with van der Waals surface area (Å²) in [7, 11) is -3.21. The molecule has 4 rings (SSSR count). The number of amides is 1. The van der Waals surface area contributed by atoms with Crippen LogP contribution in [0.5, 0.6) is 0 Å². The molecule has 2 aromatic carbocycles. The van der Waals surface area contributed by atoms with Crippen molar-refractivity contribution in [1.29, 1.82) is 0 Å². The highest BCUT2D eigenvalue weighted by atomic mass is 32.2. The third kappa shape index (κ3) is 4.29. The molecule has 1 saturated heterocycles. The number of oxazole rings is 1. The zero-order valence-corrected chi connectivity index (χ0v) is 19.0. The molecule has 1 N–H and O–H groups in total. The van der Waals surface area contributed by atoms with Gasteiger partial charge >= 0.3 is 5.76 Å². The number of nitrogens with one attached hydrogen (secondary N) is 1. The largest absolute Gasteiger partial charge is 0.420 e. The minimum atomic E-state index is -3.21. The molecule has 0 aliphatic carbocycles. The number of anilines is 1. The van der Waals surface area contributed by atoms with Gasteiger partial charge in [-0.1, -0.05) is 19.1 Å². The number of fused-ring (bicyclic) bond motifs is 1. The number of aromatic nitrogens is 1. The second kappa shape index (κ2) is 8.82. The first kappa shape index (κ1) is 22.1. The van der Waals surface area contributed by atoms with Gasteiger partial charge in [-0.3, -0.25) is 9.36 Å². The Morgan fingerprint density at radius 1 is 1.12 bits per heavy atom. The predicted molar refractivity (Wildman–Crippen MR) is 123 cm³/mol. The summed E-state index contributed by atoms with van der Waals surface area (Å²) in [6, 6.07) is 13.3. The lowest BCUT2D eigenvalue weighted by Gasteiger charge is -2.34. The monoisotopic (exact) mass is 457 g/mol. The Hall–Kier alpha value is -3.07. The Labute approximate surface area is 186 Å². The zero-order valence-electron chi connectivity index (χ0n) is 18.2. The molecule has 2 heterocycles. The van der Waals surface area contributed by atoms with E-state index < -0.39 is 21.6 Å². The normalized spacial score (nSPS) is 16.2. The van der Waals surface area contributed by atoms with E-state index in [9.17, 15) is 18.0 Å². The van der Waals surface area contributed by atoms with Crippen molar-refractivity contribution in [1.82, 2.24) is 9.88 Å². The average Bonchev–Trinajstić information content (AvgIpc) is 3.14. The van der Waals surface area contributed by atoms with Crippen molar-refractivity contribution in [2.24, 2.45) is 0 Å². The van der Waals surface area contributed by atoms with Crippen LogP contribution in [0.15, 0.2) is 62.6 Å². The van der Waals surface area contributed by atoms with Gasteiger partial charge in [-0.15, -0.1) is 0 Å². The number of hydrogen-bond acceptors (Lipinski definition) is 6. The summed E-state index contributed by atoms with van der Waals surface area (Å²) >= 11 is 0. The van der Waals surface area contributed by atoms with Crippen molar-refractivity contribution in [3.8, 4) is 0 Å². The van der Waals surface area contributed by atoms with Gasteiger partial charge in [-0.05, 0) is 56.2 Å². The van der Waals surface area contributed by atoms with E-state index in [-0.39, 0.29) is 17.7 Å². The van der Waals surface area contributed by atoms with E-state index in [1.54, 1.807) is 50.2 Å². The Morgan fingerprint density at radius 3 is 2.44 bits per heavy atom. The highest BCUT2D eigenvalue weighted by Gasteiger charge is 2.26. The van der Waals surface area contributed by atoms with Crippen molar-refractivity contribution >= 4 is 32.5 Å². The van der Waals surface area contributed by atoms with Gasteiger partial charge in [0.25, 0.3) is 0 Å². The summed E-state index contributed by atoms with van der Waals surface area (Å²) in [5.41, 5.74) is 2.03. The number of sulfone groups is 1. The number of carbonyl (C=O) groups excluding carboxylic acids is 1. The summed E-state index contributed by atoms with van der Waals surface area (Å²) in [5, 5.41) is 3.06. The first-order valence-corrected chi connectivity index (χ1v) is 12.4. The molecule has 0 spiro atoms. The third-order valence-electron chi connectivity index (χ3n) is 6.07. The van der Waals surface area contributed by atoms with Gasteiger partial charge in [0.15, 0.2) is 15.4 Å². The average molecular weight is 458 g/mol. The number of hydrogen-bond donors (Lipinski definition) is 1. The van der Waals surface area contributed by atoms with Gasteiger partial charge in [0.2, 0.25) is 5.91 Å². The maximum absolute atomic E-state index is 12.8. The quantitative estimate of drug-likeness (QED) is 0.611. The first-order chi connectivity index (χ1) is 15.3. The van der Waals surface area contributed by atoms with Crippen molar-refractivity contribution in [3.05, 3.63) is 59.1 Å². The van der Waals surface area contributed by atoms with Gasteiger partial charge in [0, 0.05) is 24.8 Å². The molecule has 1 amide bonds. The first-order valence-electron chi connectivity index (χ1n) is 10.8. The number of carbonyl (C=O) groups is 1. The minimum Gasteiger partial charge on any atom is -0.408 e. The zero-order chi connectivity index (χ0) is 22.9. The van der Waals surface area contributed by atoms with E-state index in [1.165, 1.54) is 4.57 Å². The molecule has 0 bridgehead atoms. The molecule has 8 nitrogen and oxygen atoms in total. The van der Waals surface area contributed by atoms with Crippen LogP contribution < -0.4 is 16.0 Å². The van der Waals surface area contributed by atoms with Crippen LogP contribution in [0, 0.1) is 0 Å². The molecule has 1 aliphatic heterocycles. The number of benzene rings is 2. The van der Waals surface area contributed by atoms with Crippen LogP contribution in [-0.2, 0) is 14.6 Å². The fraction of sp³-hybridized carbons (Fsp3) is 0.391. The highest BCUT2D eigenvalue weighted by Crippen LogP contribution is 2.23. The van der Waals surface area contributed by atoms with E-state index in [2.05, 4.69) is 10.2 Å². The summed E-state index contributed by atoms with van der Waals surface area (Å²) in [5.74, 6) is -0.681. The SMILES string of the molecule is CCS(=O)(=O)c1ccc(N2CCC(NC(=O)C(C)n3c(=O)oc4ccccc43)CC2)cc1. The number of nitrogens with zero attached hydrogens (tertiary/aromatic N) is 2. The highest BCUT2D eigenvalue weighted by molar-refractivity contribution is 7.91. The molecule has 1 aliphatic rings. The molecule has 170 valence electrons. The molecular weight excluding hydrogens is 430 g/mol. The van der Waals surface area contributed by atoms with Gasteiger partial charge in [0.1, 0.15) is 6.04 Å². The van der Waals surface area contributed by atoms with Crippen LogP contribution in [0.25, 0.3) is 11.1 Å². The number of rotatable bonds is 6. The van der Waals surface area contributed by atoms with Crippen LogP contribution in [0.3, 0.4) is 0 Å². The smallest absolute Gasteiger partial charge is 0.408 e. The second-order valence-corrected chi connectivity index (χ2v) is 10.3. The predicted octanol–water partition coefficient (Wildman–Crippen LogP) is 2.73. The fourth-order valence-corrected chi connectivity index (χ4v) is 4.99. The van der Waals surface area contributed by atoms with E-state index in [4.69, 9.17) is 4.42 Å². The lowest BCUT2D eigenvalue weighted by molar-refractivity contribution is -0.124. The van der Waals surface area contributed by atoms with Crippen LogP contribution in [-0.4, -0.2) is 43.8 Å². The molecule has 1 fully saturated rings. The van der Waals surface area contributed by atoms with Crippen molar-refractivity contribution in [2.45, 2.75) is 43.7 Å². The summed E-state index contributed by atoms with van der Waals surface area (Å²) in [4.78, 5) is 27.6. The van der Waals surface area contributed by atoms with E-state index in [1.807, 2.05) is 12.1 Å². The van der Waals surface area contributed by atoms with Crippen molar-refractivity contribution in [3.63, 3.8) is 0 Å². The van der Waals surface area contributed by atoms with E-state index >= 15 is 0 Å².